The van der Waals surface area contributed by atoms with Crippen LogP contribution in [0.3, 0.4) is 0 Å². The molecule has 13 nitrogen and oxygen atoms in total. The number of alkyl halides is 1. The molecule has 0 radical (unpaired) electrons. The maximum Gasteiger partial charge on any atom is 0.406 e. The van der Waals surface area contributed by atoms with E-state index >= 15 is 0 Å². The first-order valence-electron chi connectivity index (χ1n) is 11.9. The summed E-state index contributed by atoms with van der Waals surface area (Å²) in [6.07, 6.45) is -2.89. The number of thioether (sulfide) groups is 1. The van der Waals surface area contributed by atoms with E-state index in [1.165, 1.54) is 13.1 Å². The van der Waals surface area contributed by atoms with E-state index in [0.29, 0.717) is 0 Å². The van der Waals surface area contributed by atoms with Gasteiger partial charge >= 0.3 is 19.4 Å². The first-order valence-corrected chi connectivity index (χ1v) is 14.8. The number of hydrogen-bond donors (Lipinski definition) is 3. The van der Waals surface area contributed by atoms with Crippen molar-refractivity contribution < 1.29 is 37.8 Å². The lowest BCUT2D eigenvalue weighted by atomic mass is 10.00. The Morgan fingerprint density at radius 3 is 2.53 bits per heavy atom. The molecule has 1 saturated heterocycles. The lowest BCUT2D eigenvalue weighted by Gasteiger charge is -2.25. The molecule has 1 aromatic heterocycles. The predicted octanol–water partition coefficient (Wildman–Crippen LogP) is 1.78. The number of esters is 1. The molecule has 6 atom stereocenters. The third-order valence-corrected chi connectivity index (χ3v) is 8.51. The summed E-state index contributed by atoms with van der Waals surface area (Å²) in [5, 5.41) is 11.9. The fraction of sp³-hybridized carbons (Fsp3) is 0.727. The molecule has 216 valence electrons. The average Bonchev–Trinajstić information content (AvgIpc) is 3.08. The Kier molecular flexibility index (Phi) is 11.8. The van der Waals surface area contributed by atoms with Crippen LogP contribution < -0.4 is 16.3 Å². The number of ether oxygens (including phenoxy) is 2. The largest absolute Gasteiger partial charge is 0.462 e. The van der Waals surface area contributed by atoms with Gasteiger partial charge < -0.3 is 14.6 Å². The van der Waals surface area contributed by atoms with Crippen LogP contribution in [-0.2, 0) is 32.7 Å². The van der Waals surface area contributed by atoms with Crippen LogP contribution in [0, 0.1) is 5.41 Å². The third kappa shape index (κ3) is 9.30. The lowest BCUT2D eigenvalue weighted by molar-refractivity contribution is -0.149. The minimum atomic E-state index is -4.21. The van der Waals surface area contributed by atoms with Crippen molar-refractivity contribution >= 4 is 42.2 Å². The zero-order chi connectivity index (χ0) is 28.8. The van der Waals surface area contributed by atoms with Crippen molar-refractivity contribution in [3.63, 3.8) is 0 Å². The molecular formula is C22H35ClN3O10PS. The normalized spacial score (nSPS) is 24.2. The van der Waals surface area contributed by atoms with E-state index in [-0.39, 0.29) is 17.5 Å². The molecule has 1 aliphatic rings. The molecule has 0 aliphatic carbocycles. The molecule has 1 aromatic rings. The average molecular weight is 600 g/mol. The fourth-order valence-electron chi connectivity index (χ4n) is 3.11. The van der Waals surface area contributed by atoms with E-state index in [1.807, 2.05) is 0 Å². The predicted molar refractivity (Wildman–Crippen MR) is 141 cm³/mol. The Balaban J connectivity index is 2.11. The number of aliphatic hydroxyl groups excluding tert-OH is 1. The van der Waals surface area contributed by atoms with Crippen LogP contribution in [0.1, 0.15) is 47.8 Å². The van der Waals surface area contributed by atoms with Crippen molar-refractivity contribution in [2.45, 2.75) is 77.5 Å². The van der Waals surface area contributed by atoms with Crippen molar-refractivity contribution in [1.29, 1.82) is 0 Å². The molecule has 1 aliphatic heterocycles. The van der Waals surface area contributed by atoms with Crippen LogP contribution in [0.5, 0.6) is 0 Å². The van der Waals surface area contributed by atoms with Crippen molar-refractivity contribution in [3.8, 4) is 0 Å². The van der Waals surface area contributed by atoms with E-state index in [2.05, 4.69) is 10.1 Å². The van der Waals surface area contributed by atoms with Crippen molar-refractivity contribution in [2.75, 3.05) is 19.0 Å². The number of aliphatic hydroxyl groups is 1. The quantitative estimate of drug-likeness (QED) is 0.138. The van der Waals surface area contributed by atoms with Gasteiger partial charge in [-0.15, -0.1) is 11.6 Å². The van der Waals surface area contributed by atoms with Gasteiger partial charge in [0.1, 0.15) is 23.6 Å². The minimum absolute atomic E-state index is 0.0853. The van der Waals surface area contributed by atoms with E-state index in [1.54, 1.807) is 34.6 Å². The van der Waals surface area contributed by atoms with Crippen molar-refractivity contribution in [2.24, 2.45) is 5.41 Å². The summed E-state index contributed by atoms with van der Waals surface area (Å²) >= 11 is 7.27. The molecule has 0 saturated carbocycles. The van der Waals surface area contributed by atoms with E-state index in [0.717, 1.165) is 22.4 Å². The van der Waals surface area contributed by atoms with E-state index < -0.39 is 72.9 Å². The number of nitrogens with one attached hydrogen (secondary N) is 2. The molecule has 1 fully saturated rings. The van der Waals surface area contributed by atoms with Crippen LogP contribution in [0.4, 0.5) is 0 Å². The monoisotopic (exact) mass is 599 g/mol. The van der Waals surface area contributed by atoms with Crippen LogP contribution >= 0.6 is 31.1 Å². The maximum atomic E-state index is 13.5. The summed E-state index contributed by atoms with van der Waals surface area (Å²) in [5.74, 6) is -0.528. The first kappa shape index (κ1) is 32.7. The number of carbonyl (C=O) groups excluding carboxylic acids is 2. The maximum absolute atomic E-state index is 13.5. The van der Waals surface area contributed by atoms with Gasteiger partial charge in [-0.25, -0.2) is 14.4 Å². The molecule has 0 spiro atoms. The van der Waals surface area contributed by atoms with Gasteiger partial charge in [0.25, 0.3) is 5.56 Å². The summed E-state index contributed by atoms with van der Waals surface area (Å²) in [7, 11) is -4.21. The van der Waals surface area contributed by atoms with Crippen LogP contribution in [0.2, 0.25) is 0 Å². The molecule has 6 unspecified atom stereocenters. The van der Waals surface area contributed by atoms with Crippen molar-refractivity contribution in [1.82, 2.24) is 14.6 Å². The van der Waals surface area contributed by atoms with Gasteiger partial charge in [-0.1, -0.05) is 32.5 Å². The summed E-state index contributed by atoms with van der Waals surface area (Å²) in [5.41, 5.74) is -1.99. The smallest absolute Gasteiger partial charge is 0.406 e. The number of nitrogens with zero attached hydrogens (tertiary/aromatic N) is 1. The molecule has 2 rings (SSSR count). The highest BCUT2D eigenvalue weighted by molar-refractivity contribution is 8.13. The third-order valence-electron chi connectivity index (χ3n) is 5.08. The minimum Gasteiger partial charge on any atom is -0.462 e. The van der Waals surface area contributed by atoms with Crippen LogP contribution in [0.25, 0.3) is 0 Å². The Bertz CT molecular complexity index is 1140. The number of halogens is 1. The number of aromatic nitrogens is 2. The number of rotatable bonds is 12. The molecule has 2 heterocycles. The molecule has 16 heteroatoms. The van der Waals surface area contributed by atoms with Crippen LogP contribution in [-0.4, -0.2) is 74.4 Å². The van der Waals surface area contributed by atoms with Gasteiger partial charge in [0.15, 0.2) is 11.3 Å². The lowest BCUT2D eigenvalue weighted by Crippen LogP contribution is -2.37. The molecule has 0 aromatic carbocycles. The highest BCUT2D eigenvalue weighted by atomic mass is 35.5. The highest BCUT2D eigenvalue weighted by Gasteiger charge is 2.45. The molecule has 0 bridgehead atoms. The first-order chi connectivity index (χ1) is 17.5. The van der Waals surface area contributed by atoms with Gasteiger partial charge in [0.2, 0.25) is 0 Å². The second kappa shape index (κ2) is 13.7. The summed E-state index contributed by atoms with van der Waals surface area (Å²) in [4.78, 5) is 50.0. The van der Waals surface area contributed by atoms with Crippen LogP contribution in [0.15, 0.2) is 21.9 Å². The second-order valence-electron chi connectivity index (χ2n) is 9.87. The van der Waals surface area contributed by atoms with Gasteiger partial charge in [-0.2, -0.15) is 0 Å². The van der Waals surface area contributed by atoms with Gasteiger partial charge in [0.05, 0.1) is 19.3 Å². The summed E-state index contributed by atoms with van der Waals surface area (Å²) in [6, 6.07) is 0.00564. The summed E-state index contributed by atoms with van der Waals surface area (Å²) in [6.45, 7) is 9.38. The fourth-order valence-corrected chi connectivity index (χ4v) is 5.84. The SMILES string of the molecule is CC(C)OC(=O)C(C)NP(=O)(OCCSC(=O)C(C)(C)C)OCC1OC(n2ccc(=O)[nH]c2=O)C(Cl)C1O. The number of hydrogen-bond acceptors (Lipinski definition) is 11. The number of aromatic amines is 1. The topological polar surface area (TPSA) is 175 Å². The molecule has 0 amide bonds. The van der Waals surface area contributed by atoms with Crippen molar-refractivity contribution in [3.05, 3.63) is 33.1 Å². The standard InChI is InChI=1S/C22H35ClN3O10PS/c1-12(2)35-19(29)13(3)25-37(32,33-9-10-38-20(30)22(4,5)6)34-11-14-17(28)16(23)18(36-14)26-8-7-15(27)24-21(26)31/h7-8,12-14,16-18,28H,9-11H2,1-6H3,(H,25,32)(H,24,27,31). The molecule has 38 heavy (non-hydrogen) atoms. The Hall–Kier alpha value is -1.51. The highest BCUT2D eigenvalue weighted by Crippen LogP contribution is 2.46. The van der Waals surface area contributed by atoms with Gasteiger partial charge in [0, 0.05) is 23.4 Å². The Morgan fingerprint density at radius 2 is 1.95 bits per heavy atom. The van der Waals surface area contributed by atoms with E-state index in [9.17, 15) is 28.8 Å². The molecular weight excluding hydrogens is 565 g/mol. The Morgan fingerprint density at radius 1 is 1.29 bits per heavy atom. The number of H-pyrrole nitrogens is 1. The van der Waals surface area contributed by atoms with Gasteiger partial charge in [-0.05, 0) is 20.8 Å². The van der Waals surface area contributed by atoms with E-state index in [4.69, 9.17) is 30.1 Å². The second-order valence-corrected chi connectivity index (χ2v) is 13.2. The number of carbonyl (C=O) groups is 2. The zero-order valence-corrected chi connectivity index (χ0v) is 24.5. The van der Waals surface area contributed by atoms with Gasteiger partial charge in [-0.3, -0.25) is 33.0 Å². The summed E-state index contributed by atoms with van der Waals surface area (Å²) < 4.78 is 36.3. The Labute approximate surface area is 229 Å². The molecule has 3 N–H and O–H groups in total. The zero-order valence-electron chi connectivity index (χ0n) is 22.0.